The molecule has 2 aromatic heterocycles. The first-order chi connectivity index (χ1) is 9.51. The lowest BCUT2D eigenvalue weighted by atomic mass is 10.1. The lowest BCUT2D eigenvalue weighted by Gasteiger charge is -2.06. The van der Waals surface area contributed by atoms with Crippen molar-refractivity contribution in [2.45, 2.75) is 6.92 Å². The summed E-state index contributed by atoms with van der Waals surface area (Å²) in [6.07, 6.45) is 1.50. The van der Waals surface area contributed by atoms with Gasteiger partial charge in [-0.1, -0.05) is 5.43 Å². The first-order valence-corrected chi connectivity index (χ1v) is 5.53. The van der Waals surface area contributed by atoms with Gasteiger partial charge in [0.05, 0.1) is 18.4 Å². The molecule has 0 atom stereocenters. The topological polar surface area (TPSA) is 123 Å². The summed E-state index contributed by atoms with van der Waals surface area (Å²) >= 11 is 0. The first kappa shape index (κ1) is 13.5. The Bertz CT molecular complexity index is 712. The van der Waals surface area contributed by atoms with E-state index in [9.17, 15) is 14.9 Å². The predicted octanol–water partition coefficient (Wildman–Crippen LogP) is 0.753. The monoisotopic (exact) mass is 277 g/mol. The van der Waals surface area contributed by atoms with E-state index >= 15 is 0 Å². The maximum Gasteiger partial charge on any atom is 0.266 e. The standard InChI is InChI=1S/C11H11N5O4/c1-6-9(7-3-4-12-8(5-7)20-2)10(17)14-11(13-6)15-16(18)19/h3-5H,1-2H3,(H2,13,14,15,17). The average molecular weight is 277 g/mol. The van der Waals surface area contributed by atoms with E-state index in [4.69, 9.17) is 4.74 Å². The summed E-state index contributed by atoms with van der Waals surface area (Å²) in [4.78, 5) is 32.5. The van der Waals surface area contributed by atoms with E-state index in [0.29, 0.717) is 22.7 Å². The molecule has 0 saturated heterocycles. The molecule has 0 aliphatic heterocycles. The van der Waals surface area contributed by atoms with Gasteiger partial charge in [0, 0.05) is 12.3 Å². The van der Waals surface area contributed by atoms with Gasteiger partial charge in [-0.25, -0.2) is 20.1 Å². The highest BCUT2D eigenvalue weighted by Gasteiger charge is 2.13. The van der Waals surface area contributed by atoms with Crippen LogP contribution in [0, 0.1) is 17.0 Å². The smallest absolute Gasteiger partial charge is 0.266 e. The fraction of sp³-hybridized carbons (Fsp3) is 0.182. The van der Waals surface area contributed by atoms with E-state index < -0.39 is 10.6 Å². The molecule has 0 radical (unpaired) electrons. The Morgan fingerprint density at radius 1 is 1.50 bits per heavy atom. The van der Waals surface area contributed by atoms with Crippen molar-refractivity contribution in [3.05, 3.63) is 44.5 Å². The summed E-state index contributed by atoms with van der Waals surface area (Å²) in [5.41, 5.74) is 2.54. The van der Waals surface area contributed by atoms with Crippen molar-refractivity contribution < 1.29 is 9.77 Å². The van der Waals surface area contributed by atoms with Gasteiger partial charge in [-0.2, -0.15) is 0 Å². The number of ether oxygens (including phenoxy) is 1. The molecule has 2 N–H and O–H groups in total. The maximum atomic E-state index is 12.0. The zero-order valence-corrected chi connectivity index (χ0v) is 10.7. The predicted molar refractivity (Wildman–Crippen MR) is 70.0 cm³/mol. The van der Waals surface area contributed by atoms with Crippen molar-refractivity contribution in [2.24, 2.45) is 0 Å². The number of rotatable bonds is 4. The quantitative estimate of drug-likeness (QED) is 0.624. The minimum absolute atomic E-state index is 0.220. The highest BCUT2D eigenvalue weighted by atomic mass is 16.7. The van der Waals surface area contributed by atoms with Gasteiger partial charge in [0.1, 0.15) is 0 Å². The van der Waals surface area contributed by atoms with Crippen molar-refractivity contribution in [2.75, 3.05) is 12.5 Å². The molecule has 0 bridgehead atoms. The molecule has 0 aliphatic rings. The summed E-state index contributed by atoms with van der Waals surface area (Å²) in [7, 11) is 1.46. The lowest BCUT2D eigenvalue weighted by Crippen LogP contribution is -2.19. The molecule has 9 nitrogen and oxygen atoms in total. The highest BCUT2D eigenvalue weighted by Crippen LogP contribution is 2.21. The molecule has 0 aromatic carbocycles. The van der Waals surface area contributed by atoms with Crippen LogP contribution in [0.4, 0.5) is 5.95 Å². The summed E-state index contributed by atoms with van der Waals surface area (Å²) in [5.74, 6) is 0.135. The molecule has 104 valence electrons. The number of hydrogen-bond donors (Lipinski definition) is 2. The number of hydrogen-bond acceptors (Lipinski definition) is 6. The Kier molecular flexibility index (Phi) is 3.60. The molecule has 2 rings (SSSR count). The molecule has 2 heterocycles. The Hall–Kier alpha value is -2.97. The van der Waals surface area contributed by atoms with E-state index in [-0.39, 0.29) is 5.95 Å². The van der Waals surface area contributed by atoms with Gasteiger partial charge >= 0.3 is 0 Å². The number of nitrogens with zero attached hydrogens (tertiary/aromatic N) is 3. The van der Waals surface area contributed by atoms with Gasteiger partial charge < -0.3 is 4.74 Å². The molecule has 0 amide bonds. The zero-order valence-electron chi connectivity index (χ0n) is 10.7. The number of anilines is 1. The highest BCUT2D eigenvalue weighted by molar-refractivity contribution is 5.65. The van der Waals surface area contributed by atoms with Crippen LogP contribution >= 0.6 is 0 Å². The van der Waals surface area contributed by atoms with E-state index in [2.05, 4.69) is 15.0 Å². The second-order valence-corrected chi connectivity index (χ2v) is 3.83. The van der Waals surface area contributed by atoms with Crippen LogP contribution in [0.25, 0.3) is 11.1 Å². The van der Waals surface area contributed by atoms with Gasteiger partial charge in [-0.05, 0) is 18.6 Å². The number of H-pyrrole nitrogens is 1. The first-order valence-electron chi connectivity index (χ1n) is 5.53. The van der Waals surface area contributed by atoms with Crippen LogP contribution in [-0.4, -0.2) is 27.1 Å². The number of nitrogens with one attached hydrogen (secondary N) is 2. The lowest BCUT2D eigenvalue weighted by molar-refractivity contribution is -0.446. The molecule has 9 heteroatoms. The number of nitro groups is 1. The van der Waals surface area contributed by atoms with Crippen LogP contribution in [0.3, 0.4) is 0 Å². The Labute approximate surface area is 112 Å². The van der Waals surface area contributed by atoms with Crippen LogP contribution in [0.15, 0.2) is 23.1 Å². The van der Waals surface area contributed by atoms with Crippen LogP contribution < -0.4 is 15.7 Å². The van der Waals surface area contributed by atoms with Crippen molar-refractivity contribution in [1.82, 2.24) is 15.0 Å². The second-order valence-electron chi connectivity index (χ2n) is 3.83. The summed E-state index contributed by atoms with van der Waals surface area (Å²) in [6, 6.07) is 3.21. The number of pyridine rings is 1. The molecule has 0 fully saturated rings. The third kappa shape index (κ3) is 2.71. The number of methoxy groups -OCH3 is 1. The minimum Gasteiger partial charge on any atom is -0.481 e. The minimum atomic E-state index is -0.799. The van der Waals surface area contributed by atoms with E-state index in [1.807, 2.05) is 0 Å². The molecule has 0 aliphatic carbocycles. The van der Waals surface area contributed by atoms with Crippen LogP contribution in [0.2, 0.25) is 0 Å². The van der Waals surface area contributed by atoms with Crippen molar-refractivity contribution >= 4 is 5.95 Å². The third-order valence-corrected chi connectivity index (χ3v) is 2.53. The van der Waals surface area contributed by atoms with Gasteiger partial charge in [0.25, 0.3) is 11.5 Å². The average Bonchev–Trinajstić information content (AvgIpc) is 2.37. The second kappa shape index (κ2) is 5.34. The molecule has 0 spiro atoms. The van der Waals surface area contributed by atoms with Crippen molar-refractivity contribution in [3.63, 3.8) is 0 Å². The summed E-state index contributed by atoms with van der Waals surface area (Å²) in [5, 5.41) is 9.54. The molecule has 0 saturated carbocycles. The largest absolute Gasteiger partial charge is 0.481 e. The Morgan fingerprint density at radius 3 is 2.85 bits per heavy atom. The van der Waals surface area contributed by atoms with Gasteiger partial charge in [0.15, 0.2) is 5.03 Å². The number of aromatic amines is 1. The van der Waals surface area contributed by atoms with Crippen molar-refractivity contribution in [1.29, 1.82) is 0 Å². The SMILES string of the molecule is COc1cc(-c2c(C)nc(N[N+](=O)[O-])[nH]c2=O)ccn1. The van der Waals surface area contributed by atoms with E-state index in [1.165, 1.54) is 13.3 Å². The summed E-state index contributed by atoms with van der Waals surface area (Å²) in [6.45, 7) is 1.59. The van der Waals surface area contributed by atoms with E-state index in [1.54, 1.807) is 24.5 Å². The number of hydrazine groups is 1. The van der Waals surface area contributed by atoms with Crippen LogP contribution in [-0.2, 0) is 0 Å². The van der Waals surface area contributed by atoms with Crippen LogP contribution in [0.5, 0.6) is 5.88 Å². The number of aromatic nitrogens is 3. The molecule has 20 heavy (non-hydrogen) atoms. The Morgan fingerprint density at radius 2 is 2.25 bits per heavy atom. The van der Waals surface area contributed by atoms with Crippen molar-refractivity contribution in [3.8, 4) is 17.0 Å². The Balaban J connectivity index is 2.52. The normalized spacial score (nSPS) is 10.1. The number of aryl methyl sites for hydroxylation is 1. The van der Waals surface area contributed by atoms with Crippen LogP contribution in [0.1, 0.15) is 5.69 Å². The molecular weight excluding hydrogens is 266 g/mol. The zero-order chi connectivity index (χ0) is 14.7. The third-order valence-electron chi connectivity index (χ3n) is 2.53. The maximum absolute atomic E-state index is 12.0. The molecule has 0 unspecified atom stereocenters. The van der Waals surface area contributed by atoms with Gasteiger partial charge in [-0.3, -0.25) is 9.78 Å². The fourth-order valence-electron chi connectivity index (χ4n) is 1.74. The van der Waals surface area contributed by atoms with Gasteiger partial charge in [-0.15, -0.1) is 0 Å². The van der Waals surface area contributed by atoms with Gasteiger partial charge in [0.2, 0.25) is 5.88 Å². The molecular formula is C11H11N5O4. The fourth-order valence-corrected chi connectivity index (χ4v) is 1.74. The molecule has 2 aromatic rings. The van der Waals surface area contributed by atoms with E-state index in [0.717, 1.165) is 0 Å². The summed E-state index contributed by atoms with van der Waals surface area (Å²) < 4.78 is 4.99.